The Kier molecular flexibility index (Phi) is 7.18. The lowest BCUT2D eigenvalue weighted by Crippen LogP contribution is -2.31. The van der Waals surface area contributed by atoms with Gasteiger partial charge in [0.25, 0.3) is 11.8 Å². The van der Waals surface area contributed by atoms with E-state index in [0.29, 0.717) is 34.1 Å². The van der Waals surface area contributed by atoms with Crippen molar-refractivity contribution < 1.29 is 19.4 Å². The van der Waals surface area contributed by atoms with Gasteiger partial charge in [0, 0.05) is 25.5 Å². The molecule has 0 radical (unpaired) electrons. The molecule has 1 aliphatic heterocycles. The summed E-state index contributed by atoms with van der Waals surface area (Å²) in [6.07, 6.45) is 0.906. The smallest absolute Gasteiger partial charge is 0.272 e. The normalized spacial score (nSPS) is 13.9. The number of rotatable bonds is 9. The highest BCUT2D eigenvalue weighted by Gasteiger charge is 2.40. The third-order valence-electron chi connectivity index (χ3n) is 4.60. The summed E-state index contributed by atoms with van der Waals surface area (Å²) in [7, 11) is 3.81. The maximum atomic E-state index is 13.4. The zero-order valence-electron chi connectivity index (χ0n) is 17.4. The van der Waals surface area contributed by atoms with Gasteiger partial charge in [0.05, 0.1) is 29.4 Å². The van der Waals surface area contributed by atoms with Gasteiger partial charge in [-0.05, 0) is 42.3 Å². The van der Waals surface area contributed by atoms with E-state index in [1.807, 2.05) is 44.1 Å². The summed E-state index contributed by atoms with van der Waals surface area (Å²) in [6.45, 7) is 2.57. The first kappa shape index (κ1) is 21.9. The molecule has 0 aliphatic carbocycles. The van der Waals surface area contributed by atoms with Crippen LogP contribution in [0.15, 0.2) is 53.4 Å². The molecule has 0 unspecified atom stereocenters. The largest absolute Gasteiger partial charge is 0.494 e. The van der Waals surface area contributed by atoms with Crippen LogP contribution in [0.5, 0.6) is 5.75 Å². The van der Waals surface area contributed by atoms with E-state index in [1.54, 1.807) is 30.3 Å². The molecule has 1 aliphatic rings. The number of hydrogen-bond acceptors (Lipinski definition) is 6. The second kappa shape index (κ2) is 9.82. The molecule has 158 valence electrons. The number of carbonyl (C=O) groups is 2. The molecule has 2 aromatic carbocycles. The van der Waals surface area contributed by atoms with Crippen LogP contribution in [-0.2, 0) is 9.59 Å². The highest BCUT2D eigenvalue weighted by Crippen LogP contribution is 2.39. The summed E-state index contributed by atoms with van der Waals surface area (Å²) in [5.74, 6) is 0.327. The Labute approximate surface area is 181 Å². The predicted octanol–water partition coefficient (Wildman–Crippen LogP) is 3.55. The number of aliphatic hydroxyl groups is 1. The third-order valence-corrected chi connectivity index (χ3v) is 5.65. The van der Waals surface area contributed by atoms with Crippen LogP contribution in [0.2, 0.25) is 0 Å². The number of nitrogens with zero attached hydrogens (tertiary/aromatic N) is 2. The number of ether oxygens (including phenoxy) is 1. The number of hydrogen-bond donors (Lipinski definition) is 1. The Morgan fingerprint density at radius 1 is 1.07 bits per heavy atom. The Hall–Kier alpha value is -2.77. The lowest BCUT2D eigenvalue weighted by Gasteiger charge is -2.19. The van der Waals surface area contributed by atoms with Crippen LogP contribution in [0.25, 0.3) is 5.57 Å². The van der Waals surface area contributed by atoms with Crippen molar-refractivity contribution in [3.05, 3.63) is 59.0 Å². The van der Waals surface area contributed by atoms with Crippen LogP contribution in [0, 0.1) is 0 Å². The minimum atomic E-state index is -0.365. The minimum Gasteiger partial charge on any atom is -0.494 e. The summed E-state index contributed by atoms with van der Waals surface area (Å²) in [6, 6.07) is 14.5. The standard InChI is InChI=1S/C23H26N2O4S/c1-4-13-29-19-10-8-16(9-11-19)20-21(30-14-12-26)23(28)25(22(20)27)18-7-5-6-17(15-18)24(2)3/h5-11,15,26H,4,12-14H2,1-3H3. The summed E-state index contributed by atoms with van der Waals surface area (Å²) in [4.78, 5) is 30.0. The number of aliphatic hydroxyl groups excluding tert-OH is 1. The molecule has 1 N–H and O–H groups in total. The van der Waals surface area contributed by atoms with Gasteiger partial charge in [-0.3, -0.25) is 9.59 Å². The molecule has 30 heavy (non-hydrogen) atoms. The van der Waals surface area contributed by atoms with Crippen molar-refractivity contribution in [2.45, 2.75) is 13.3 Å². The molecular formula is C23H26N2O4S. The molecule has 2 amide bonds. The van der Waals surface area contributed by atoms with E-state index in [0.717, 1.165) is 17.9 Å². The average molecular weight is 427 g/mol. The zero-order chi connectivity index (χ0) is 21.7. The zero-order valence-corrected chi connectivity index (χ0v) is 18.2. The summed E-state index contributed by atoms with van der Waals surface area (Å²) >= 11 is 1.20. The molecule has 0 aromatic heterocycles. The monoisotopic (exact) mass is 426 g/mol. The quantitative estimate of drug-likeness (QED) is 0.619. The van der Waals surface area contributed by atoms with Gasteiger partial charge in [-0.15, -0.1) is 11.8 Å². The van der Waals surface area contributed by atoms with Crippen LogP contribution in [0.1, 0.15) is 18.9 Å². The molecule has 0 saturated heterocycles. The van der Waals surface area contributed by atoms with Gasteiger partial charge in [0.2, 0.25) is 0 Å². The van der Waals surface area contributed by atoms with Gasteiger partial charge < -0.3 is 14.7 Å². The molecule has 0 spiro atoms. The van der Waals surface area contributed by atoms with E-state index in [1.165, 1.54) is 16.7 Å². The Morgan fingerprint density at radius 3 is 2.43 bits per heavy atom. The first-order valence-electron chi connectivity index (χ1n) is 9.85. The fourth-order valence-electron chi connectivity index (χ4n) is 3.13. The third kappa shape index (κ3) is 4.52. The van der Waals surface area contributed by atoms with Crippen molar-refractivity contribution in [3.8, 4) is 5.75 Å². The van der Waals surface area contributed by atoms with Crippen LogP contribution < -0.4 is 14.5 Å². The van der Waals surface area contributed by atoms with Gasteiger partial charge in [-0.2, -0.15) is 0 Å². The van der Waals surface area contributed by atoms with E-state index in [2.05, 4.69) is 0 Å². The van der Waals surface area contributed by atoms with E-state index >= 15 is 0 Å². The molecule has 0 atom stereocenters. The van der Waals surface area contributed by atoms with Crippen LogP contribution in [-0.4, -0.2) is 50.0 Å². The molecule has 0 fully saturated rings. The summed E-state index contributed by atoms with van der Waals surface area (Å²) in [5, 5.41) is 9.26. The molecule has 0 saturated carbocycles. The fraction of sp³-hybridized carbons (Fsp3) is 0.304. The van der Waals surface area contributed by atoms with Gasteiger partial charge in [0.15, 0.2) is 0 Å². The van der Waals surface area contributed by atoms with Gasteiger partial charge in [-0.1, -0.05) is 25.1 Å². The van der Waals surface area contributed by atoms with Crippen molar-refractivity contribution in [1.82, 2.24) is 0 Å². The van der Waals surface area contributed by atoms with Crippen molar-refractivity contribution in [2.24, 2.45) is 0 Å². The first-order chi connectivity index (χ1) is 14.5. The number of carbonyl (C=O) groups excluding carboxylic acids is 2. The summed E-state index contributed by atoms with van der Waals surface area (Å²) < 4.78 is 5.62. The maximum Gasteiger partial charge on any atom is 0.272 e. The minimum absolute atomic E-state index is 0.0805. The lowest BCUT2D eigenvalue weighted by atomic mass is 10.1. The number of amides is 2. The van der Waals surface area contributed by atoms with Gasteiger partial charge in [0.1, 0.15) is 5.75 Å². The Balaban J connectivity index is 1.98. The topological polar surface area (TPSA) is 70.1 Å². The fourth-order valence-corrected chi connectivity index (χ4v) is 3.99. The number of anilines is 2. The Bertz CT molecular complexity index is 954. The highest BCUT2D eigenvalue weighted by molar-refractivity contribution is 8.04. The van der Waals surface area contributed by atoms with Crippen molar-refractivity contribution in [3.63, 3.8) is 0 Å². The van der Waals surface area contributed by atoms with E-state index in [-0.39, 0.29) is 18.4 Å². The van der Waals surface area contributed by atoms with E-state index < -0.39 is 0 Å². The second-order valence-corrected chi connectivity index (χ2v) is 8.11. The van der Waals surface area contributed by atoms with Crippen LogP contribution in [0.3, 0.4) is 0 Å². The Morgan fingerprint density at radius 2 is 1.80 bits per heavy atom. The number of imide groups is 1. The first-order valence-corrected chi connectivity index (χ1v) is 10.8. The number of benzene rings is 2. The molecule has 1 heterocycles. The molecule has 0 bridgehead atoms. The van der Waals surface area contributed by atoms with Crippen molar-refractivity contribution >= 4 is 40.5 Å². The lowest BCUT2D eigenvalue weighted by molar-refractivity contribution is -0.119. The van der Waals surface area contributed by atoms with Crippen LogP contribution >= 0.6 is 11.8 Å². The predicted molar refractivity (Wildman–Crippen MR) is 122 cm³/mol. The van der Waals surface area contributed by atoms with Crippen LogP contribution in [0.4, 0.5) is 11.4 Å². The maximum absolute atomic E-state index is 13.4. The SMILES string of the molecule is CCCOc1ccc(C2=C(SCCO)C(=O)N(c3cccc(N(C)C)c3)C2=O)cc1. The van der Waals surface area contributed by atoms with E-state index in [9.17, 15) is 14.7 Å². The molecular weight excluding hydrogens is 400 g/mol. The van der Waals surface area contributed by atoms with Gasteiger partial charge in [-0.25, -0.2) is 4.90 Å². The summed E-state index contributed by atoms with van der Waals surface area (Å²) in [5.41, 5.74) is 2.43. The number of thioether (sulfide) groups is 1. The van der Waals surface area contributed by atoms with E-state index in [4.69, 9.17) is 4.74 Å². The molecule has 6 nitrogen and oxygen atoms in total. The molecule has 3 rings (SSSR count). The molecule has 7 heteroatoms. The average Bonchev–Trinajstić information content (AvgIpc) is 3.00. The second-order valence-electron chi connectivity index (χ2n) is 7.01. The highest BCUT2D eigenvalue weighted by atomic mass is 32.2. The van der Waals surface area contributed by atoms with Gasteiger partial charge >= 0.3 is 0 Å². The molecule has 2 aromatic rings. The van der Waals surface area contributed by atoms with Crippen molar-refractivity contribution in [1.29, 1.82) is 0 Å². The van der Waals surface area contributed by atoms with Crippen molar-refractivity contribution in [2.75, 3.05) is 42.9 Å².